The number of hydrogen-bond donors (Lipinski definition) is 0. The van der Waals surface area contributed by atoms with Crippen molar-refractivity contribution in [2.24, 2.45) is 5.92 Å². The summed E-state index contributed by atoms with van der Waals surface area (Å²) >= 11 is 0. The van der Waals surface area contributed by atoms with Crippen LogP contribution in [0.25, 0.3) is 0 Å². The Bertz CT molecular complexity index is 367. The number of rotatable bonds is 3. The fourth-order valence-corrected chi connectivity index (χ4v) is 2.24. The maximum absolute atomic E-state index is 10.5. The van der Waals surface area contributed by atoms with Gasteiger partial charge in [0.1, 0.15) is 6.20 Å². The van der Waals surface area contributed by atoms with Gasteiger partial charge in [-0.25, -0.2) is 0 Å². The van der Waals surface area contributed by atoms with Gasteiger partial charge < -0.3 is 14.7 Å². The fraction of sp³-hybridized carbons (Fsp3) is 0.700. The summed E-state index contributed by atoms with van der Waals surface area (Å²) < 4.78 is 1.91. The van der Waals surface area contributed by atoms with Gasteiger partial charge in [-0.05, 0) is 28.7 Å². The predicted octanol–water partition coefficient (Wildman–Crippen LogP) is 2.29. The molecule has 5 heteroatoms. The van der Waals surface area contributed by atoms with Crippen molar-refractivity contribution in [3.05, 3.63) is 22.1 Å². The zero-order chi connectivity index (χ0) is 10.8. The van der Waals surface area contributed by atoms with E-state index in [0.717, 1.165) is 12.4 Å². The summed E-state index contributed by atoms with van der Waals surface area (Å²) in [6.07, 6.45) is 6.62. The molecule has 1 aliphatic rings. The van der Waals surface area contributed by atoms with Crippen LogP contribution in [-0.4, -0.2) is 14.5 Å². The van der Waals surface area contributed by atoms with Crippen LogP contribution in [0.2, 0.25) is 0 Å². The van der Waals surface area contributed by atoms with Gasteiger partial charge in [0.25, 0.3) is 0 Å². The molecular formula is C10H15N3O2. The normalized spacial score (nSPS) is 17.1. The molecule has 1 saturated carbocycles. The van der Waals surface area contributed by atoms with Gasteiger partial charge in [-0.1, -0.05) is 12.8 Å². The molecule has 0 bridgehead atoms. The Morgan fingerprint density at radius 1 is 1.60 bits per heavy atom. The lowest BCUT2D eigenvalue weighted by Gasteiger charge is -2.08. The van der Waals surface area contributed by atoms with Gasteiger partial charge in [0.15, 0.2) is 0 Å². The highest BCUT2D eigenvalue weighted by Gasteiger charge is 2.20. The Labute approximate surface area is 88.3 Å². The third-order valence-electron chi connectivity index (χ3n) is 3.08. The van der Waals surface area contributed by atoms with E-state index in [1.54, 1.807) is 6.20 Å². The maximum atomic E-state index is 10.5. The number of aryl methyl sites for hydroxylation is 1. The van der Waals surface area contributed by atoms with Gasteiger partial charge in [0.2, 0.25) is 5.82 Å². The van der Waals surface area contributed by atoms with Gasteiger partial charge in [-0.3, -0.25) is 0 Å². The highest BCUT2D eigenvalue weighted by Crippen LogP contribution is 2.27. The quantitative estimate of drug-likeness (QED) is 0.566. The SMILES string of the molecule is Cc1nc([N+](=O)[O-])cn1CC1CCCC1. The van der Waals surface area contributed by atoms with Crippen molar-refractivity contribution in [1.82, 2.24) is 9.55 Å². The first-order chi connectivity index (χ1) is 7.16. The first kappa shape index (κ1) is 10.1. The molecule has 1 aromatic heterocycles. The second-order valence-corrected chi connectivity index (χ2v) is 4.21. The highest BCUT2D eigenvalue weighted by molar-refractivity contribution is 5.16. The molecule has 0 aliphatic heterocycles. The van der Waals surface area contributed by atoms with Gasteiger partial charge in [0, 0.05) is 13.5 Å². The number of nitro groups is 1. The van der Waals surface area contributed by atoms with Crippen LogP contribution in [0.15, 0.2) is 6.20 Å². The summed E-state index contributed by atoms with van der Waals surface area (Å²) in [7, 11) is 0. The van der Waals surface area contributed by atoms with Crippen molar-refractivity contribution in [3.8, 4) is 0 Å². The van der Waals surface area contributed by atoms with E-state index in [-0.39, 0.29) is 5.82 Å². The molecule has 1 fully saturated rings. The van der Waals surface area contributed by atoms with Gasteiger partial charge in [-0.15, -0.1) is 0 Å². The molecule has 0 amide bonds. The molecule has 15 heavy (non-hydrogen) atoms. The van der Waals surface area contributed by atoms with Crippen LogP contribution >= 0.6 is 0 Å². The van der Waals surface area contributed by atoms with Crippen molar-refractivity contribution >= 4 is 5.82 Å². The van der Waals surface area contributed by atoms with Crippen molar-refractivity contribution in [2.75, 3.05) is 0 Å². The van der Waals surface area contributed by atoms with Gasteiger partial charge >= 0.3 is 5.82 Å². The predicted molar refractivity (Wildman–Crippen MR) is 55.6 cm³/mol. The molecule has 0 N–H and O–H groups in total. The summed E-state index contributed by atoms with van der Waals surface area (Å²) in [5.74, 6) is 1.39. The van der Waals surface area contributed by atoms with Crippen LogP contribution < -0.4 is 0 Å². The summed E-state index contributed by atoms with van der Waals surface area (Å²) in [5.41, 5.74) is 0. The molecule has 5 nitrogen and oxygen atoms in total. The molecule has 0 unspecified atom stereocenters. The Balaban J connectivity index is 2.10. The van der Waals surface area contributed by atoms with Crippen LogP contribution in [0.1, 0.15) is 31.5 Å². The number of aromatic nitrogens is 2. The van der Waals surface area contributed by atoms with E-state index in [9.17, 15) is 10.1 Å². The molecule has 1 aliphatic carbocycles. The van der Waals surface area contributed by atoms with E-state index in [4.69, 9.17) is 0 Å². The van der Waals surface area contributed by atoms with Crippen LogP contribution in [0, 0.1) is 23.0 Å². The monoisotopic (exact) mass is 209 g/mol. The smallest absolute Gasteiger partial charge is 0.358 e. The lowest BCUT2D eigenvalue weighted by molar-refractivity contribution is -0.389. The number of nitrogens with zero attached hydrogens (tertiary/aromatic N) is 3. The molecule has 0 spiro atoms. The van der Waals surface area contributed by atoms with Crippen LogP contribution in [0.5, 0.6) is 0 Å². The lowest BCUT2D eigenvalue weighted by Crippen LogP contribution is -2.07. The van der Waals surface area contributed by atoms with Crippen LogP contribution in [0.3, 0.4) is 0 Å². The minimum absolute atomic E-state index is 0.0366. The van der Waals surface area contributed by atoms with Gasteiger partial charge in [-0.2, -0.15) is 0 Å². The second kappa shape index (κ2) is 4.00. The molecule has 0 atom stereocenters. The Morgan fingerprint density at radius 3 is 2.80 bits per heavy atom. The Kier molecular flexibility index (Phi) is 2.70. The van der Waals surface area contributed by atoms with E-state index >= 15 is 0 Å². The molecule has 1 aromatic rings. The first-order valence-electron chi connectivity index (χ1n) is 5.35. The molecule has 1 heterocycles. The minimum Gasteiger partial charge on any atom is -0.358 e. The zero-order valence-electron chi connectivity index (χ0n) is 8.85. The first-order valence-corrected chi connectivity index (χ1v) is 5.35. The standard InChI is InChI=1S/C10H15N3O2/c1-8-11-10(13(14)15)7-12(8)6-9-4-2-3-5-9/h7,9H,2-6H2,1H3. The molecule has 2 rings (SSSR count). The average molecular weight is 209 g/mol. The molecular weight excluding hydrogens is 194 g/mol. The molecule has 82 valence electrons. The summed E-state index contributed by atoms with van der Waals surface area (Å²) in [5, 5.41) is 10.5. The largest absolute Gasteiger partial charge is 0.381 e. The number of imidazole rings is 1. The summed E-state index contributed by atoms with van der Waals surface area (Å²) in [6, 6.07) is 0. The molecule has 0 radical (unpaired) electrons. The minimum atomic E-state index is -0.432. The lowest BCUT2D eigenvalue weighted by atomic mass is 10.1. The van der Waals surface area contributed by atoms with E-state index in [0.29, 0.717) is 5.92 Å². The number of hydrogen-bond acceptors (Lipinski definition) is 3. The van der Waals surface area contributed by atoms with E-state index in [1.807, 2.05) is 11.5 Å². The van der Waals surface area contributed by atoms with Crippen molar-refractivity contribution in [2.45, 2.75) is 39.2 Å². The van der Waals surface area contributed by atoms with Gasteiger partial charge in [0.05, 0.1) is 0 Å². The third kappa shape index (κ3) is 2.16. The van der Waals surface area contributed by atoms with E-state index in [1.165, 1.54) is 25.7 Å². The Hall–Kier alpha value is -1.39. The second-order valence-electron chi connectivity index (χ2n) is 4.21. The van der Waals surface area contributed by atoms with Crippen molar-refractivity contribution < 1.29 is 4.92 Å². The topological polar surface area (TPSA) is 61.0 Å². The van der Waals surface area contributed by atoms with Crippen LogP contribution in [0.4, 0.5) is 5.82 Å². The highest BCUT2D eigenvalue weighted by atomic mass is 16.6. The molecule has 0 saturated heterocycles. The summed E-state index contributed by atoms with van der Waals surface area (Å²) in [6.45, 7) is 2.70. The van der Waals surface area contributed by atoms with Crippen LogP contribution in [-0.2, 0) is 6.54 Å². The molecule has 0 aromatic carbocycles. The zero-order valence-corrected chi connectivity index (χ0v) is 8.85. The van der Waals surface area contributed by atoms with Crippen molar-refractivity contribution in [1.29, 1.82) is 0 Å². The average Bonchev–Trinajstić information content (AvgIpc) is 2.77. The van der Waals surface area contributed by atoms with Crippen molar-refractivity contribution in [3.63, 3.8) is 0 Å². The van der Waals surface area contributed by atoms with E-state index in [2.05, 4.69) is 4.98 Å². The third-order valence-corrected chi connectivity index (χ3v) is 3.08. The Morgan fingerprint density at radius 2 is 2.27 bits per heavy atom. The summed E-state index contributed by atoms with van der Waals surface area (Å²) in [4.78, 5) is 14.0. The van der Waals surface area contributed by atoms with E-state index < -0.39 is 4.92 Å². The fourth-order valence-electron chi connectivity index (χ4n) is 2.24. The maximum Gasteiger partial charge on any atom is 0.381 e.